The number of hydrogen-bond acceptors (Lipinski definition) is 2. The molecule has 86 valence electrons. The molecule has 0 aliphatic carbocycles. The predicted octanol–water partition coefficient (Wildman–Crippen LogP) is 1.19. The second-order valence-electron chi connectivity index (χ2n) is 3.20. The summed E-state index contributed by atoms with van der Waals surface area (Å²) in [5.74, 6) is -1.75. The average molecular weight is 289 g/mol. The molecule has 16 heavy (non-hydrogen) atoms. The third kappa shape index (κ3) is 2.79. The SMILES string of the molecule is CC(NC(=O)c1cccc(F)c1Br)C(N)=O. The first-order valence-electron chi connectivity index (χ1n) is 4.47. The molecular formula is C10H10BrFN2O2. The molecule has 2 amide bonds. The number of rotatable bonds is 3. The van der Waals surface area contributed by atoms with Gasteiger partial charge in [-0.3, -0.25) is 9.59 Å². The third-order valence-electron chi connectivity index (χ3n) is 1.97. The minimum absolute atomic E-state index is 0.0594. The molecule has 0 spiro atoms. The fraction of sp³-hybridized carbons (Fsp3) is 0.200. The normalized spacial score (nSPS) is 11.9. The molecule has 3 N–H and O–H groups in total. The van der Waals surface area contributed by atoms with E-state index in [4.69, 9.17) is 5.73 Å². The Morgan fingerprint density at radius 1 is 1.50 bits per heavy atom. The Morgan fingerprint density at radius 3 is 2.69 bits per heavy atom. The van der Waals surface area contributed by atoms with E-state index in [9.17, 15) is 14.0 Å². The van der Waals surface area contributed by atoms with Crippen LogP contribution in [0.5, 0.6) is 0 Å². The van der Waals surface area contributed by atoms with E-state index in [1.165, 1.54) is 25.1 Å². The van der Waals surface area contributed by atoms with E-state index >= 15 is 0 Å². The van der Waals surface area contributed by atoms with Gasteiger partial charge >= 0.3 is 0 Å². The zero-order valence-electron chi connectivity index (χ0n) is 8.46. The van der Waals surface area contributed by atoms with Gasteiger partial charge in [-0.2, -0.15) is 0 Å². The van der Waals surface area contributed by atoms with E-state index in [-0.39, 0.29) is 10.0 Å². The number of primary amides is 1. The van der Waals surface area contributed by atoms with Crippen LogP contribution in [0.1, 0.15) is 17.3 Å². The van der Waals surface area contributed by atoms with Crippen molar-refractivity contribution in [3.63, 3.8) is 0 Å². The monoisotopic (exact) mass is 288 g/mol. The number of halogens is 2. The highest BCUT2D eigenvalue weighted by Gasteiger charge is 2.17. The van der Waals surface area contributed by atoms with Crippen LogP contribution < -0.4 is 11.1 Å². The van der Waals surface area contributed by atoms with Gasteiger partial charge in [0.15, 0.2) is 0 Å². The van der Waals surface area contributed by atoms with Crippen molar-refractivity contribution in [1.29, 1.82) is 0 Å². The quantitative estimate of drug-likeness (QED) is 0.877. The molecular weight excluding hydrogens is 279 g/mol. The first-order valence-corrected chi connectivity index (χ1v) is 5.27. The van der Waals surface area contributed by atoms with Crippen LogP contribution in [0.15, 0.2) is 22.7 Å². The van der Waals surface area contributed by atoms with Gasteiger partial charge in [-0.05, 0) is 35.0 Å². The summed E-state index contributed by atoms with van der Waals surface area (Å²) in [4.78, 5) is 22.4. The fourth-order valence-corrected chi connectivity index (χ4v) is 1.47. The first kappa shape index (κ1) is 12.6. The maximum atomic E-state index is 13.1. The molecule has 0 heterocycles. The number of nitrogens with two attached hydrogens (primary N) is 1. The Hall–Kier alpha value is -1.43. The van der Waals surface area contributed by atoms with Crippen molar-refractivity contribution in [3.8, 4) is 0 Å². The van der Waals surface area contributed by atoms with Crippen LogP contribution >= 0.6 is 15.9 Å². The maximum Gasteiger partial charge on any atom is 0.253 e. The van der Waals surface area contributed by atoms with Crippen molar-refractivity contribution in [3.05, 3.63) is 34.1 Å². The van der Waals surface area contributed by atoms with Crippen molar-refractivity contribution >= 4 is 27.7 Å². The molecule has 6 heteroatoms. The average Bonchev–Trinajstić information content (AvgIpc) is 2.21. The molecule has 0 saturated carbocycles. The molecule has 0 fully saturated rings. The zero-order valence-corrected chi connectivity index (χ0v) is 10.0. The number of carbonyl (C=O) groups excluding carboxylic acids is 2. The van der Waals surface area contributed by atoms with Crippen LogP contribution in [0.2, 0.25) is 0 Å². The lowest BCUT2D eigenvalue weighted by Crippen LogP contribution is -2.42. The lowest BCUT2D eigenvalue weighted by Gasteiger charge is -2.11. The van der Waals surface area contributed by atoms with Crippen LogP contribution in [0.4, 0.5) is 4.39 Å². The molecule has 0 aliphatic heterocycles. The van der Waals surface area contributed by atoms with E-state index in [2.05, 4.69) is 21.2 Å². The van der Waals surface area contributed by atoms with Gasteiger partial charge in [-0.1, -0.05) is 6.07 Å². The smallest absolute Gasteiger partial charge is 0.253 e. The molecule has 0 bridgehead atoms. The Labute approximate surface area is 100 Å². The molecule has 1 aromatic carbocycles. The lowest BCUT2D eigenvalue weighted by atomic mass is 10.2. The van der Waals surface area contributed by atoms with E-state index in [1.807, 2.05) is 0 Å². The maximum absolute atomic E-state index is 13.1. The highest BCUT2D eigenvalue weighted by Crippen LogP contribution is 2.20. The highest BCUT2D eigenvalue weighted by molar-refractivity contribution is 9.10. The van der Waals surface area contributed by atoms with Gasteiger partial charge < -0.3 is 11.1 Å². The summed E-state index contributed by atoms with van der Waals surface area (Å²) in [6.07, 6.45) is 0. The largest absolute Gasteiger partial charge is 0.368 e. The summed E-state index contributed by atoms with van der Waals surface area (Å²) in [7, 11) is 0. The summed E-state index contributed by atoms with van der Waals surface area (Å²) >= 11 is 2.96. The molecule has 1 atom stereocenters. The number of hydrogen-bond donors (Lipinski definition) is 2. The summed E-state index contributed by atoms with van der Waals surface area (Å²) in [5, 5.41) is 2.35. The Kier molecular flexibility index (Phi) is 4.00. The van der Waals surface area contributed by atoms with Gasteiger partial charge in [-0.15, -0.1) is 0 Å². The number of benzene rings is 1. The number of amides is 2. The summed E-state index contributed by atoms with van der Waals surface area (Å²) < 4.78 is 13.2. The fourth-order valence-electron chi connectivity index (χ4n) is 1.02. The van der Waals surface area contributed by atoms with E-state index in [0.29, 0.717) is 0 Å². The van der Waals surface area contributed by atoms with Gasteiger partial charge in [0.2, 0.25) is 5.91 Å². The highest BCUT2D eigenvalue weighted by atomic mass is 79.9. The molecule has 0 saturated heterocycles. The number of carbonyl (C=O) groups is 2. The van der Waals surface area contributed by atoms with Crippen molar-refractivity contribution in [2.45, 2.75) is 13.0 Å². The van der Waals surface area contributed by atoms with Crippen molar-refractivity contribution in [2.24, 2.45) is 5.73 Å². The second kappa shape index (κ2) is 5.07. The lowest BCUT2D eigenvalue weighted by molar-refractivity contribution is -0.119. The van der Waals surface area contributed by atoms with Crippen LogP contribution in [-0.2, 0) is 4.79 Å². The molecule has 0 aliphatic rings. The topological polar surface area (TPSA) is 72.2 Å². The number of nitrogens with one attached hydrogen (secondary N) is 1. The minimum atomic E-state index is -0.803. The Balaban J connectivity index is 2.89. The van der Waals surface area contributed by atoms with Crippen molar-refractivity contribution < 1.29 is 14.0 Å². The van der Waals surface area contributed by atoms with E-state index in [1.54, 1.807) is 0 Å². The van der Waals surface area contributed by atoms with Crippen molar-refractivity contribution in [1.82, 2.24) is 5.32 Å². The van der Waals surface area contributed by atoms with Crippen LogP contribution in [0.3, 0.4) is 0 Å². The molecule has 1 unspecified atom stereocenters. The zero-order chi connectivity index (χ0) is 12.3. The molecule has 4 nitrogen and oxygen atoms in total. The minimum Gasteiger partial charge on any atom is -0.368 e. The van der Waals surface area contributed by atoms with Crippen LogP contribution in [0.25, 0.3) is 0 Å². The second-order valence-corrected chi connectivity index (χ2v) is 3.99. The Morgan fingerprint density at radius 2 is 2.12 bits per heavy atom. The summed E-state index contributed by atoms with van der Waals surface area (Å²) in [6.45, 7) is 1.45. The van der Waals surface area contributed by atoms with Gasteiger partial charge in [0.25, 0.3) is 5.91 Å². The van der Waals surface area contributed by atoms with Gasteiger partial charge in [-0.25, -0.2) is 4.39 Å². The molecule has 1 aromatic rings. The summed E-state index contributed by atoms with van der Waals surface area (Å²) in [5.41, 5.74) is 5.11. The summed E-state index contributed by atoms with van der Waals surface area (Å²) in [6, 6.07) is 3.26. The molecule has 0 radical (unpaired) electrons. The van der Waals surface area contributed by atoms with Crippen molar-refractivity contribution in [2.75, 3.05) is 0 Å². The van der Waals surface area contributed by atoms with E-state index < -0.39 is 23.7 Å². The van der Waals surface area contributed by atoms with Crippen LogP contribution in [-0.4, -0.2) is 17.9 Å². The van der Waals surface area contributed by atoms with Gasteiger partial charge in [0.1, 0.15) is 11.9 Å². The molecule has 1 rings (SSSR count). The first-order chi connectivity index (χ1) is 7.43. The van der Waals surface area contributed by atoms with Gasteiger partial charge in [0.05, 0.1) is 10.0 Å². The van der Waals surface area contributed by atoms with E-state index in [0.717, 1.165) is 0 Å². The Bertz CT molecular complexity index is 437. The molecule has 0 aromatic heterocycles. The van der Waals surface area contributed by atoms with Gasteiger partial charge in [0, 0.05) is 0 Å². The standard InChI is InChI=1S/C10H10BrFN2O2/c1-5(9(13)15)14-10(16)6-3-2-4-7(12)8(6)11/h2-5H,1H3,(H2,13,15)(H,14,16). The predicted molar refractivity (Wildman–Crippen MR) is 60.2 cm³/mol. The van der Waals surface area contributed by atoms with Crippen LogP contribution in [0, 0.1) is 5.82 Å². The third-order valence-corrected chi connectivity index (χ3v) is 2.78.